The van der Waals surface area contributed by atoms with Gasteiger partial charge < -0.3 is 5.11 Å². The van der Waals surface area contributed by atoms with Gasteiger partial charge in [-0.3, -0.25) is 0 Å². The summed E-state index contributed by atoms with van der Waals surface area (Å²) in [6.45, 7) is 3.99. The number of aromatic carboxylic acids is 1. The fourth-order valence-corrected chi connectivity index (χ4v) is 3.64. The Balaban J connectivity index is 1.92. The molecule has 0 radical (unpaired) electrons. The van der Waals surface area contributed by atoms with Gasteiger partial charge >= 0.3 is 5.97 Å². The molecule has 0 aliphatic heterocycles. The maximum Gasteiger partial charge on any atom is 0.336 e. The van der Waals surface area contributed by atoms with E-state index in [9.17, 15) is 9.90 Å². The molecule has 5 nitrogen and oxygen atoms in total. The van der Waals surface area contributed by atoms with Crippen LogP contribution in [0.1, 0.15) is 29.8 Å². The van der Waals surface area contributed by atoms with Gasteiger partial charge in [0.2, 0.25) is 5.13 Å². The van der Waals surface area contributed by atoms with Crippen LogP contribution in [-0.4, -0.2) is 28.3 Å². The summed E-state index contributed by atoms with van der Waals surface area (Å²) in [6, 6.07) is 14.4. The van der Waals surface area contributed by atoms with Crippen LogP contribution in [0.3, 0.4) is 0 Å². The van der Waals surface area contributed by atoms with Crippen molar-refractivity contribution in [1.29, 1.82) is 0 Å². The Morgan fingerprint density at radius 1 is 1.22 bits per heavy atom. The van der Waals surface area contributed by atoms with Gasteiger partial charge in [0, 0.05) is 27.6 Å². The van der Waals surface area contributed by atoms with Gasteiger partial charge in [-0.05, 0) is 26.0 Å². The Hall–Kier alpha value is -2.70. The molecule has 3 aromatic rings. The monoisotopic (exact) mass is 399 g/mol. The summed E-state index contributed by atoms with van der Waals surface area (Å²) >= 11 is 7.73. The highest BCUT2D eigenvalue weighted by Crippen LogP contribution is 2.32. The number of carboxylic acids is 1. The van der Waals surface area contributed by atoms with Crippen molar-refractivity contribution in [2.45, 2.75) is 19.9 Å². The fraction of sp³-hybridized carbons (Fsp3) is 0.150. The Kier molecular flexibility index (Phi) is 5.88. The van der Waals surface area contributed by atoms with Crippen molar-refractivity contribution in [3.63, 3.8) is 0 Å². The molecular formula is C20H18ClN3O2S. The number of carbonyl (C=O) groups is 1. The lowest BCUT2D eigenvalue weighted by atomic mass is 10.1. The minimum absolute atomic E-state index is 0.0449. The maximum atomic E-state index is 11.4. The molecule has 0 saturated heterocycles. The van der Waals surface area contributed by atoms with E-state index in [1.165, 1.54) is 11.3 Å². The number of anilines is 1. The summed E-state index contributed by atoms with van der Waals surface area (Å²) in [6.07, 6.45) is 1.56. The Morgan fingerprint density at radius 2 is 1.93 bits per heavy atom. The summed E-state index contributed by atoms with van der Waals surface area (Å²) in [7, 11) is 0. The van der Waals surface area contributed by atoms with E-state index >= 15 is 0 Å². The zero-order valence-corrected chi connectivity index (χ0v) is 16.4. The molecule has 7 heteroatoms. The second-order valence-electron chi connectivity index (χ2n) is 6.07. The molecular weight excluding hydrogens is 382 g/mol. The first kappa shape index (κ1) is 19.1. The van der Waals surface area contributed by atoms with E-state index < -0.39 is 5.97 Å². The van der Waals surface area contributed by atoms with Crippen LogP contribution in [0.15, 0.2) is 59.0 Å². The van der Waals surface area contributed by atoms with E-state index in [2.05, 4.69) is 10.1 Å². The van der Waals surface area contributed by atoms with E-state index in [1.807, 2.05) is 43.5 Å². The third-order valence-corrected chi connectivity index (χ3v) is 5.00. The summed E-state index contributed by atoms with van der Waals surface area (Å²) in [5.74, 6) is -0.983. The number of hydrazone groups is 1. The summed E-state index contributed by atoms with van der Waals surface area (Å²) in [5, 5.41) is 18.9. The highest BCUT2D eigenvalue weighted by Gasteiger charge is 2.16. The SMILES string of the molecule is CC(C)N(/N=C/c1ccccc1C(=O)O)c1nc(-c2ccccc2Cl)cs1. The summed E-state index contributed by atoms with van der Waals surface area (Å²) in [4.78, 5) is 16.0. The van der Waals surface area contributed by atoms with E-state index in [0.717, 1.165) is 11.3 Å². The predicted octanol–water partition coefficient (Wildman–Crippen LogP) is 5.41. The highest BCUT2D eigenvalue weighted by molar-refractivity contribution is 7.14. The molecule has 1 heterocycles. The van der Waals surface area contributed by atoms with Crippen LogP contribution in [-0.2, 0) is 0 Å². The molecule has 0 atom stereocenters. The lowest BCUT2D eigenvalue weighted by Gasteiger charge is -2.20. The van der Waals surface area contributed by atoms with Crippen molar-refractivity contribution in [2.75, 3.05) is 5.01 Å². The average Bonchev–Trinajstić information content (AvgIpc) is 3.11. The first-order chi connectivity index (χ1) is 13.0. The van der Waals surface area contributed by atoms with Gasteiger partial charge in [0.15, 0.2) is 0 Å². The third-order valence-electron chi connectivity index (χ3n) is 3.84. The van der Waals surface area contributed by atoms with Crippen molar-refractivity contribution < 1.29 is 9.90 Å². The molecule has 0 aliphatic rings. The maximum absolute atomic E-state index is 11.4. The molecule has 1 N–H and O–H groups in total. The van der Waals surface area contributed by atoms with Crippen molar-refractivity contribution in [1.82, 2.24) is 4.98 Å². The highest BCUT2D eigenvalue weighted by atomic mass is 35.5. The molecule has 0 amide bonds. The van der Waals surface area contributed by atoms with Crippen LogP contribution in [0, 0.1) is 0 Å². The van der Waals surface area contributed by atoms with E-state index in [1.54, 1.807) is 35.5 Å². The molecule has 2 aromatic carbocycles. The van der Waals surface area contributed by atoms with Gasteiger partial charge in [0.05, 0.1) is 17.5 Å². The Labute approximate surface area is 166 Å². The number of halogens is 1. The van der Waals surface area contributed by atoms with Crippen LogP contribution in [0.2, 0.25) is 5.02 Å². The molecule has 3 rings (SSSR count). The molecule has 0 fully saturated rings. The molecule has 0 spiro atoms. The number of thiazole rings is 1. The van der Waals surface area contributed by atoms with Gasteiger partial charge in [0.25, 0.3) is 0 Å². The number of nitrogens with zero attached hydrogens (tertiary/aromatic N) is 3. The van der Waals surface area contributed by atoms with Crippen LogP contribution >= 0.6 is 22.9 Å². The molecule has 27 heavy (non-hydrogen) atoms. The molecule has 0 saturated carbocycles. The molecule has 1 aromatic heterocycles. The average molecular weight is 400 g/mol. The van der Waals surface area contributed by atoms with E-state index in [4.69, 9.17) is 11.6 Å². The largest absolute Gasteiger partial charge is 0.478 e. The van der Waals surface area contributed by atoms with Crippen molar-refractivity contribution in [2.24, 2.45) is 5.10 Å². The van der Waals surface area contributed by atoms with Crippen LogP contribution in [0.5, 0.6) is 0 Å². The fourth-order valence-electron chi connectivity index (χ4n) is 2.49. The topological polar surface area (TPSA) is 65.8 Å². The van der Waals surface area contributed by atoms with Gasteiger partial charge in [0.1, 0.15) is 0 Å². The number of carboxylic acid groups (broad SMARTS) is 1. The number of rotatable bonds is 6. The lowest BCUT2D eigenvalue weighted by Crippen LogP contribution is -2.25. The van der Waals surface area contributed by atoms with Crippen molar-refractivity contribution >= 4 is 40.3 Å². The van der Waals surface area contributed by atoms with Crippen LogP contribution < -0.4 is 5.01 Å². The zero-order valence-electron chi connectivity index (χ0n) is 14.8. The zero-order chi connectivity index (χ0) is 19.4. The van der Waals surface area contributed by atoms with Crippen LogP contribution in [0.25, 0.3) is 11.3 Å². The van der Waals surface area contributed by atoms with E-state index in [0.29, 0.717) is 15.7 Å². The number of hydrogen-bond donors (Lipinski definition) is 1. The first-order valence-electron chi connectivity index (χ1n) is 8.33. The second-order valence-corrected chi connectivity index (χ2v) is 7.31. The van der Waals surface area contributed by atoms with E-state index in [-0.39, 0.29) is 11.6 Å². The molecule has 0 aliphatic carbocycles. The first-order valence-corrected chi connectivity index (χ1v) is 9.59. The molecule has 0 unspecified atom stereocenters. The summed E-state index contributed by atoms with van der Waals surface area (Å²) < 4.78 is 0. The Bertz CT molecular complexity index is 985. The predicted molar refractivity (Wildman–Crippen MR) is 111 cm³/mol. The van der Waals surface area contributed by atoms with Gasteiger partial charge in [-0.1, -0.05) is 48.0 Å². The van der Waals surface area contributed by atoms with Gasteiger partial charge in [-0.25, -0.2) is 14.8 Å². The summed E-state index contributed by atoms with van der Waals surface area (Å²) in [5.41, 5.74) is 2.40. The van der Waals surface area contributed by atoms with Crippen LogP contribution in [0.4, 0.5) is 5.13 Å². The molecule has 138 valence electrons. The molecule has 0 bridgehead atoms. The van der Waals surface area contributed by atoms with Gasteiger partial charge in [-0.2, -0.15) is 5.10 Å². The quantitative estimate of drug-likeness (QED) is 0.444. The Morgan fingerprint density at radius 3 is 2.63 bits per heavy atom. The van der Waals surface area contributed by atoms with Gasteiger partial charge in [-0.15, -0.1) is 11.3 Å². The smallest absolute Gasteiger partial charge is 0.336 e. The lowest BCUT2D eigenvalue weighted by molar-refractivity contribution is 0.0697. The normalized spacial score (nSPS) is 11.3. The number of hydrogen-bond acceptors (Lipinski definition) is 5. The standard InChI is InChI=1S/C20H18ClN3O2S/c1-13(2)24(22-11-14-7-3-4-8-15(14)19(25)26)20-23-18(12-27-20)16-9-5-6-10-17(16)21/h3-13H,1-2H3,(H,25,26)/b22-11+. The third kappa shape index (κ3) is 4.35. The number of benzene rings is 2. The minimum atomic E-state index is -0.983. The number of aromatic nitrogens is 1. The second kappa shape index (κ2) is 8.33. The minimum Gasteiger partial charge on any atom is -0.478 e. The van der Waals surface area contributed by atoms with Crippen molar-refractivity contribution in [3.8, 4) is 11.3 Å². The van der Waals surface area contributed by atoms with Crippen molar-refractivity contribution in [3.05, 3.63) is 70.1 Å².